The van der Waals surface area contributed by atoms with E-state index in [1.165, 1.54) is 36.7 Å². The van der Waals surface area contributed by atoms with Gasteiger partial charge in [-0.1, -0.05) is 11.6 Å². The van der Waals surface area contributed by atoms with E-state index < -0.39 is 16.1 Å². The van der Waals surface area contributed by atoms with Crippen LogP contribution in [0.5, 0.6) is 5.75 Å². The van der Waals surface area contributed by atoms with Gasteiger partial charge in [0.05, 0.1) is 4.90 Å². The molecular weight excluding hydrogens is 428 g/mol. The Morgan fingerprint density at radius 3 is 2.40 bits per heavy atom. The topological polar surface area (TPSA) is 110 Å². The van der Waals surface area contributed by atoms with Gasteiger partial charge in [-0.25, -0.2) is 23.1 Å². The molecule has 0 unspecified atom stereocenters. The fourth-order valence-electron chi connectivity index (χ4n) is 2.44. The van der Waals surface area contributed by atoms with Crippen LogP contribution in [0.2, 0.25) is 5.02 Å². The molecule has 1 heterocycles. The number of nitrogens with zero attached hydrogens (tertiary/aromatic N) is 2. The predicted octanol–water partition coefficient (Wildman–Crippen LogP) is 3.65. The number of sulfonamides is 1. The highest BCUT2D eigenvalue weighted by atomic mass is 35.5. The molecule has 0 saturated heterocycles. The molecule has 10 heteroatoms. The van der Waals surface area contributed by atoms with Crippen molar-refractivity contribution in [2.45, 2.75) is 24.8 Å². The van der Waals surface area contributed by atoms with E-state index in [-0.39, 0.29) is 16.8 Å². The van der Waals surface area contributed by atoms with Gasteiger partial charge in [0.25, 0.3) is 15.9 Å². The first-order chi connectivity index (χ1) is 14.2. The van der Waals surface area contributed by atoms with Crippen LogP contribution in [0, 0.1) is 6.92 Å². The maximum Gasteiger partial charge on any atom is 0.265 e. The van der Waals surface area contributed by atoms with Gasteiger partial charge in [-0.3, -0.25) is 4.79 Å². The zero-order valence-electron chi connectivity index (χ0n) is 16.2. The molecule has 0 aliphatic heterocycles. The number of anilines is 2. The molecule has 8 nitrogen and oxygen atoms in total. The van der Waals surface area contributed by atoms with Crippen molar-refractivity contribution < 1.29 is 17.9 Å². The van der Waals surface area contributed by atoms with Crippen LogP contribution in [-0.2, 0) is 14.8 Å². The zero-order valence-corrected chi connectivity index (χ0v) is 17.7. The van der Waals surface area contributed by atoms with Crippen molar-refractivity contribution in [2.75, 3.05) is 10.0 Å². The third-order valence-corrected chi connectivity index (χ3v) is 5.80. The number of aryl methyl sites for hydroxylation is 1. The van der Waals surface area contributed by atoms with Crippen LogP contribution in [0.25, 0.3) is 0 Å². The first kappa shape index (κ1) is 21.5. The summed E-state index contributed by atoms with van der Waals surface area (Å²) in [6.07, 6.45) is 2.08. The van der Waals surface area contributed by atoms with Crippen molar-refractivity contribution in [2.24, 2.45) is 0 Å². The molecule has 156 valence electrons. The Kier molecular flexibility index (Phi) is 6.53. The van der Waals surface area contributed by atoms with E-state index >= 15 is 0 Å². The van der Waals surface area contributed by atoms with Crippen LogP contribution in [0.3, 0.4) is 0 Å². The molecule has 2 aromatic carbocycles. The second kappa shape index (κ2) is 9.10. The highest BCUT2D eigenvalue weighted by Crippen LogP contribution is 2.22. The summed E-state index contributed by atoms with van der Waals surface area (Å²) < 4.78 is 32.7. The molecule has 2 N–H and O–H groups in total. The first-order valence-corrected chi connectivity index (χ1v) is 10.7. The molecule has 1 aromatic heterocycles. The van der Waals surface area contributed by atoms with E-state index in [1.807, 2.05) is 6.92 Å². The van der Waals surface area contributed by atoms with Gasteiger partial charge in [-0.15, -0.1) is 0 Å². The lowest BCUT2D eigenvalue weighted by atomic mass is 10.2. The fraction of sp³-hybridized carbons (Fsp3) is 0.150. The molecule has 0 radical (unpaired) electrons. The molecule has 1 amide bonds. The van der Waals surface area contributed by atoms with Gasteiger partial charge < -0.3 is 10.1 Å². The van der Waals surface area contributed by atoms with E-state index in [9.17, 15) is 13.2 Å². The van der Waals surface area contributed by atoms with Gasteiger partial charge in [0.2, 0.25) is 5.95 Å². The molecule has 0 bridgehead atoms. The minimum atomic E-state index is -3.85. The Balaban J connectivity index is 1.63. The van der Waals surface area contributed by atoms with Crippen LogP contribution in [-0.4, -0.2) is 30.4 Å². The van der Waals surface area contributed by atoms with Gasteiger partial charge in [0.15, 0.2) is 6.10 Å². The van der Waals surface area contributed by atoms with Crippen LogP contribution in [0.15, 0.2) is 65.8 Å². The lowest BCUT2D eigenvalue weighted by molar-refractivity contribution is -0.122. The summed E-state index contributed by atoms with van der Waals surface area (Å²) in [4.78, 5) is 20.1. The normalized spacial score (nSPS) is 12.1. The van der Waals surface area contributed by atoms with Crippen molar-refractivity contribution in [3.63, 3.8) is 0 Å². The minimum Gasteiger partial charge on any atom is -0.481 e. The third-order valence-electron chi connectivity index (χ3n) is 4.04. The number of rotatable bonds is 7. The van der Waals surface area contributed by atoms with Gasteiger partial charge in [0, 0.05) is 23.1 Å². The number of ether oxygens (including phenoxy) is 1. The van der Waals surface area contributed by atoms with Crippen LogP contribution >= 0.6 is 11.6 Å². The Labute approximate surface area is 179 Å². The summed E-state index contributed by atoms with van der Waals surface area (Å²) in [6.45, 7) is 3.45. The summed E-state index contributed by atoms with van der Waals surface area (Å²) in [6, 6.07) is 12.4. The molecule has 0 aliphatic rings. The summed E-state index contributed by atoms with van der Waals surface area (Å²) in [7, 11) is -3.85. The number of amides is 1. The Morgan fingerprint density at radius 1 is 1.10 bits per heavy atom. The minimum absolute atomic E-state index is 0.00823. The van der Waals surface area contributed by atoms with E-state index in [0.717, 1.165) is 5.56 Å². The summed E-state index contributed by atoms with van der Waals surface area (Å²) >= 11 is 5.99. The average molecular weight is 447 g/mol. The number of benzene rings is 2. The largest absolute Gasteiger partial charge is 0.481 e. The second-order valence-electron chi connectivity index (χ2n) is 6.36. The molecule has 0 fully saturated rings. The van der Waals surface area contributed by atoms with Crippen molar-refractivity contribution in [1.29, 1.82) is 0 Å². The molecule has 0 aliphatic carbocycles. The number of carbonyl (C=O) groups is 1. The van der Waals surface area contributed by atoms with Gasteiger partial charge in [-0.2, -0.15) is 0 Å². The molecule has 3 rings (SSSR count). The van der Waals surface area contributed by atoms with E-state index in [1.54, 1.807) is 31.2 Å². The highest BCUT2D eigenvalue weighted by molar-refractivity contribution is 7.92. The summed E-state index contributed by atoms with van der Waals surface area (Å²) in [5.74, 6) is 0.113. The van der Waals surface area contributed by atoms with Crippen molar-refractivity contribution >= 4 is 39.2 Å². The van der Waals surface area contributed by atoms with E-state index in [2.05, 4.69) is 20.0 Å². The lowest BCUT2D eigenvalue weighted by Gasteiger charge is -2.15. The lowest BCUT2D eigenvalue weighted by Crippen LogP contribution is -2.30. The number of aromatic nitrogens is 2. The quantitative estimate of drug-likeness (QED) is 0.573. The van der Waals surface area contributed by atoms with Gasteiger partial charge >= 0.3 is 0 Å². The predicted molar refractivity (Wildman–Crippen MR) is 114 cm³/mol. The maximum absolute atomic E-state index is 12.4. The number of halogens is 1. The van der Waals surface area contributed by atoms with Crippen molar-refractivity contribution in [3.05, 3.63) is 71.5 Å². The molecule has 0 saturated carbocycles. The van der Waals surface area contributed by atoms with Gasteiger partial charge in [0.1, 0.15) is 5.75 Å². The number of carbonyl (C=O) groups excluding carboxylic acids is 1. The average Bonchev–Trinajstić information content (AvgIpc) is 2.71. The summed E-state index contributed by atoms with van der Waals surface area (Å²) in [5.41, 5.74) is 1.27. The summed E-state index contributed by atoms with van der Waals surface area (Å²) in [5, 5.41) is 3.30. The number of hydrogen-bond acceptors (Lipinski definition) is 6. The Morgan fingerprint density at radius 2 is 1.77 bits per heavy atom. The molecule has 30 heavy (non-hydrogen) atoms. The maximum atomic E-state index is 12.4. The van der Waals surface area contributed by atoms with E-state index in [0.29, 0.717) is 16.5 Å². The zero-order chi connectivity index (χ0) is 21.7. The van der Waals surface area contributed by atoms with Crippen LogP contribution in [0.1, 0.15) is 12.5 Å². The van der Waals surface area contributed by atoms with Gasteiger partial charge in [-0.05, 0) is 67.9 Å². The molecule has 0 spiro atoms. The highest BCUT2D eigenvalue weighted by Gasteiger charge is 2.18. The standard InChI is InChI=1S/C20H19ClN4O4S/c1-13-12-16(6-9-18(13)21)29-14(2)19(26)24-15-4-7-17(8-5-15)30(27,28)25-20-22-10-3-11-23-20/h3-12,14H,1-2H3,(H,24,26)(H,22,23,25)/t14-/m1/s1. The SMILES string of the molecule is Cc1cc(O[C@H](C)C(=O)Nc2ccc(S(=O)(=O)Nc3ncccn3)cc2)ccc1Cl. The monoisotopic (exact) mass is 446 g/mol. The van der Waals surface area contributed by atoms with Crippen LogP contribution < -0.4 is 14.8 Å². The van der Waals surface area contributed by atoms with E-state index in [4.69, 9.17) is 16.3 Å². The molecular formula is C20H19ClN4O4S. The molecule has 3 aromatic rings. The van der Waals surface area contributed by atoms with Crippen molar-refractivity contribution in [3.8, 4) is 5.75 Å². The first-order valence-electron chi connectivity index (χ1n) is 8.88. The number of nitrogens with one attached hydrogen (secondary N) is 2. The Bertz CT molecular complexity index is 1140. The van der Waals surface area contributed by atoms with Crippen LogP contribution in [0.4, 0.5) is 11.6 Å². The second-order valence-corrected chi connectivity index (χ2v) is 8.45. The smallest absolute Gasteiger partial charge is 0.265 e. The fourth-order valence-corrected chi connectivity index (χ4v) is 3.52. The number of hydrogen-bond donors (Lipinski definition) is 2. The third kappa shape index (κ3) is 5.46. The Hall–Kier alpha value is -3.17. The van der Waals surface area contributed by atoms with Crippen molar-refractivity contribution in [1.82, 2.24) is 9.97 Å². The molecule has 1 atom stereocenters.